The fourth-order valence-corrected chi connectivity index (χ4v) is 16.2. The SMILES string of the molecule is C1CCOC1.C1CCOC1.C1CCOC1.C1CCOC1.CC(C)c1cccc(C(C)C)c1N=C([N-][Si](C)(C)[N-]C(=[NH+]c1c(C(C)C)cccc1C(C)C)c1ccccc1)c1ccccc1.CC(C)c1cccc(C(C)C)c1N=C([N-][Si](C)(C)[N-]C(=[NH+]c1c(C(C)C)cccc1C(C)C)c1ccccc1)c1ccccc1.[Li+].[Li+].[Li+].[Li+]. The van der Waals surface area contributed by atoms with Crippen molar-refractivity contribution >= 4 is 62.9 Å². The summed E-state index contributed by atoms with van der Waals surface area (Å²) < 4.78 is 19.8. The van der Waals surface area contributed by atoms with Crippen LogP contribution in [0.4, 0.5) is 22.7 Å². The van der Waals surface area contributed by atoms with Crippen molar-refractivity contribution in [1.29, 1.82) is 0 Å². The first-order chi connectivity index (χ1) is 52.7. The van der Waals surface area contributed by atoms with E-state index >= 15 is 0 Å². The summed E-state index contributed by atoms with van der Waals surface area (Å²) in [7, 11) is -5.32. The Morgan fingerprint density at radius 2 is 0.456 bits per heavy atom. The number of ether oxygens (including phenoxy) is 4. The van der Waals surface area contributed by atoms with Gasteiger partial charge in [0.25, 0.3) is 0 Å². The van der Waals surface area contributed by atoms with Crippen LogP contribution in [0.3, 0.4) is 0 Å². The molecule has 0 saturated carbocycles. The minimum Gasteiger partial charge on any atom is -0.452 e. The fraction of sp³-hybridized carbons (Fsp3) is 0.458. The molecular formula is C96H134Li4N8O4Si2+2. The third-order valence-electron chi connectivity index (χ3n) is 19.4. The zero-order chi connectivity index (χ0) is 79.6. The molecule has 592 valence electrons. The number of hydrogen-bond acceptors (Lipinski definition) is 6. The Labute approximate surface area is 740 Å². The first-order valence-corrected chi connectivity index (χ1v) is 46.9. The van der Waals surface area contributed by atoms with Crippen LogP contribution in [-0.2, 0) is 18.9 Å². The predicted molar refractivity (Wildman–Crippen MR) is 475 cm³/mol. The smallest absolute Gasteiger partial charge is 0.452 e. The van der Waals surface area contributed by atoms with Crippen molar-refractivity contribution in [3.8, 4) is 0 Å². The molecule has 18 heteroatoms. The second-order valence-corrected chi connectivity index (χ2v) is 39.3. The van der Waals surface area contributed by atoms with Crippen LogP contribution in [0.15, 0.2) is 204 Å². The molecule has 0 atom stereocenters. The van der Waals surface area contributed by atoms with Gasteiger partial charge in [-0.05, 0) is 166 Å². The van der Waals surface area contributed by atoms with Gasteiger partial charge in [-0.3, -0.25) is 0 Å². The molecule has 0 aliphatic carbocycles. The fourth-order valence-electron chi connectivity index (χ4n) is 13.3. The maximum atomic E-state index is 5.49. The standard InChI is InChI=1S/2C40H50N4Si.4C4H8O.4Li/c2*1-27(2)33-23-17-24-34(28(3)4)37(33)41-39(31-19-13-11-14-20-31)43-45(9,10)44-40(32-21-15-12-16-22-32)42-38-35(29(5)6)25-18-26-36(38)30(7)8;4*1-2-4-5-3-1;;;;/h2*11-30H,1-10H3;4*1-4H2;;;;/q2*-2;;;;;4*+1/p+2. The number of rotatable bonds is 20. The van der Waals surface area contributed by atoms with E-state index in [1.165, 1.54) is 95.9 Å². The summed E-state index contributed by atoms with van der Waals surface area (Å²) in [5.41, 5.74) is 18.6. The number of benzene rings is 8. The summed E-state index contributed by atoms with van der Waals surface area (Å²) in [6, 6.07) is 68.0. The second-order valence-electron chi connectivity index (χ2n) is 32.4. The van der Waals surface area contributed by atoms with Crippen LogP contribution in [0.1, 0.15) is 276 Å². The molecule has 0 aromatic heterocycles. The first kappa shape index (κ1) is 102. The first-order valence-electron chi connectivity index (χ1n) is 41.2. The van der Waals surface area contributed by atoms with Gasteiger partial charge in [-0.25, -0.2) is 0 Å². The van der Waals surface area contributed by atoms with Gasteiger partial charge < -0.3 is 58.8 Å². The van der Waals surface area contributed by atoms with Crippen molar-refractivity contribution in [1.82, 2.24) is 0 Å². The number of amidine groups is 4. The van der Waals surface area contributed by atoms with Crippen LogP contribution >= 0.6 is 0 Å². The van der Waals surface area contributed by atoms with Gasteiger partial charge in [0.1, 0.15) is 11.7 Å². The molecule has 12 rings (SSSR count). The normalized spacial score (nSPS) is 14.4. The zero-order valence-corrected chi connectivity index (χ0v) is 76.7. The molecule has 4 heterocycles. The van der Waals surface area contributed by atoms with Crippen LogP contribution in [0.2, 0.25) is 26.2 Å². The predicted octanol–water partition coefficient (Wildman–Crippen LogP) is 12.3. The third kappa shape index (κ3) is 34.0. The molecular weight excluding hydrogens is 1410 g/mol. The Morgan fingerprint density at radius 1 is 0.263 bits per heavy atom. The molecule has 8 aromatic carbocycles. The van der Waals surface area contributed by atoms with Gasteiger partial charge in [-0.2, -0.15) is 0 Å². The van der Waals surface area contributed by atoms with Crippen LogP contribution < -0.4 is 85.4 Å². The average Bonchev–Trinajstić information content (AvgIpc) is 1.19. The van der Waals surface area contributed by atoms with Gasteiger partial charge in [0, 0.05) is 75.4 Å². The molecule has 4 fully saturated rings. The van der Waals surface area contributed by atoms with E-state index in [9.17, 15) is 0 Å². The van der Waals surface area contributed by atoms with Crippen LogP contribution in [0, 0.1) is 0 Å². The van der Waals surface area contributed by atoms with Crippen molar-refractivity contribution in [2.24, 2.45) is 9.98 Å². The quantitative estimate of drug-likeness (QED) is 0.0444. The number of aliphatic imine (C=N–C) groups is 2. The van der Waals surface area contributed by atoms with E-state index in [0.717, 1.165) is 121 Å². The largest absolute Gasteiger partial charge is 1.00 e. The van der Waals surface area contributed by atoms with Gasteiger partial charge in [-0.15, -0.1) is 0 Å². The number of nitrogens with one attached hydrogen (secondary N) is 2. The van der Waals surface area contributed by atoms with E-state index in [2.05, 4.69) is 317 Å². The molecule has 4 saturated heterocycles. The molecule has 0 amide bonds. The van der Waals surface area contributed by atoms with Crippen molar-refractivity contribution in [3.63, 3.8) is 0 Å². The maximum absolute atomic E-state index is 5.49. The van der Waals surface area contributed by atoms with E-state index in [1.54, 1.807) is 0 Å². The Bertz CT molecular complexity index is 3480. The summed E-state index contributed by atoms with van der Waals surface area (Å²) in [6.07, 6.45) is 10.2. The van der Waals surface area contributed by atoms with E-state index in [-0.39, 0.29) is 75.4 Å². The molecule has 4 aliphatic rings. The minimum atomic E-state index is -2.66. The molecule has 12 nitrogen and oxygen atoms in total. The van der Waals surface area contributed by atoms with Gasteiger partial charge >= 0.3 is 75.4 Å². The topological polar surface area (TPSA) is 146 Å². The van der Waals surface area contributed by atoms with E-state index in [1.807, 2.05) is 24.3 Å². The summed E-state index contributed by atoms with van der Waals surface area (Å²) in [6.45, 7) is 52.7. The van der Waals surface area contributed by atoms with Crippen molar-refractivity contribution in [2.75, 3.05) is 52.9 Å². The molecule has 0 unspecified atom stereocenters. The summed E-state index contributed by atoms with van der Waals surface area (Å²) in [4.78, 5) is 40.4. The van der Waals surface area contributed by atoms with Gasteiger partial charge in [0.15, 0.2) is 16.8 Å². The second kappa shape index (κ2) is 53.7. The Kier molecular flexibility index (Phi) is 48.3. The van der Waals surface area contributed by atoms with E-state index < -0.39 is 16.8 Å². The third-order valence-corrected chi connectivity index (χ3v) is 22.4. The Balaban J connectivity index is 0.000000457. The Hall–Kier alpha value is -5.70. The van der Waals surface area contributed by atoms with Crippen LogP contribution in [0.5, 0.6) is 0 Å². The number of nitrogens with zero attached hydrogens (tertiary/aromatic N) is 6. The van der Waals surface area contributed by atoms with Crippen molar-refractivity contribution in [2.45, 2.75) is 236 Å². The zero-order valence-electron chi connectivity index (χ0n) is 74.7. The summed E-state index contributed by atoms with van der Waals surface area (Å²) in [5.74, 6) is 6.01. The molecule has 0 bridgehead atoms. The van der Waals surface area contributed by atoms with Crippen molar-refractivity contribution < 1.29 is 104 Å². The molecule has 0 spiro atoms. The van der Waals surface area contributed by atoms with Gasteiger partial charge in [0.2, 0.25) is 0 Å². The van der Waals surface area contributed by atoms with Gasteiger partial charge in [-0.1, -0.05) is 343 Å². The van der Waals surface area contributed by atoms with Crippen molar-refractivity contribution in [3.05, 3.63) is 281 Å². The number of para-hydroxylation sites is 4. The summed E-state index contributed by atoms with van der Waals surface area (Å²) in [5, 5.41) is 0. The maximum Gasteiger partial charge on any atom is 1.00 e. The number of hydrogen-bond donors (Lipinski definition) is 2. The molecule has 4 aliphatic heterocycles. The molecule has 114 heavy (non-hydrogen) atoms. The van der Waals surface area contributed by atoms with E-state index in [0.29, 0.717) is 47.3 Å². The minimum absolute atomic E-state index is 0. The van der Waals surface area contributed by atoms with Gasteiger partial charge in [0.05, 0.1) is 0 Å². The monoisotopic (exact) mass is 1550 g/mol. The van der Waals surface area contributed by atoms with Crippen LogP contribution in [0.25, 0.3) is 19.9 Å². The molecule has 0 radical (unpaired) electrons. The molecule has 2 N–H and O–H groups in total. The summed E-state index contributed by atoms with van der Waals surface area (Å²) >= 11 is 0. The molecule has 8 aromatic rings. The van der Waals surface area contributed by atoms with E-state index in [4.69, 9.17) is 48.9 Å². The average molecular weight is 1550 g/mol. The van der Waals surface area contributed by atoms with Crippen LogP contribution in [-0.4, -0.2) is 93.0 Å². The Morgan fingerprint density at radius 3 is 0.640 bits per heavy atom.